The second-order valence-electron chi connectivity index (χ2n) is 5.69. The van der Waals surface area contributed by atoms with E-state index in [1.165, 1.54) is 6.92 Å². The largest absolute Gasteiger partial charge is 0.492 e. The SMILES string of the molecule is CC(=O)NCc1ccc(C(=O)OCC(=O)NCCOc2ccccc2)cc1. The zero-order valence-electron chi connectivity index (χ0n) is 15.1. The predicted molar refractivity (Wildman–Crippen MR) is 99.2 cm³/mol. The Morgan fingerprint density at radius 3 is 2.30 bits per heavy atom. The summed E-state index contributed by atoms with van der Waals surface area (Å²) in [5, 5.41) is 5.28. The van der Waals surface area contributed by atoms with Crippen LogP contribution in [0.5, 0.6) is 5.75 Å². The molecule has 0 atom stereocenters. The van der Waals surface area contributed by atoms with Crippen LogP contribution in [0, 0.1) is 0 Å². The Morgan fingerprint density at radius 2 is 1.63 bits per heavy atom. The molecule has 0 aromatic heterocycles. The van der Waals surface area contributed by atoms with Gasteiger partial charge in [-0.2, -0.15) is 0 Å². The van der Waals surface area contributed by atoms with Crippen molar-refractivity contribution in [1.29, 1.82) is 0 Å². The number of esters is 1. The number of ether oxygens (including phenoxy) is 2. The molecule has 0 radical (unpaired) electrons. The minimum Gasteiger partial charge on any atom is -0.492 e. The molecule has 27 heavy (non-hydrogen) atoms. The first-order valence-electron chi connectivity index (χ1n) is 8.49. The monoisotopic (exact) mass is 370 g/mol. The van der Waals surface area contributed by atoms with E-state index in [4.69, 9.17) is 9.47 Å². The zero-order chi connectivity index (χ0) is 19.5. The van der Waals surface area contributed by atoms with Gasteiger partial charge < -0.3 is 20.1 Å². The number of amides is 2. The molecule has 0 aliphatic heterocycles. The first kappa shape index (κ1) is 20.0. The Morgan fingerprint density at radius 1 is 0.926 bits per heavy atom. The summed E-state index contributed by atoms with van der Waals surface area (Å²) in [5.41, 5.74) is 1.19. The van der Waals surface area contributed by atoms with Crippen molar-refractivity contribution in [3.05, 3.63) is 65.7 Å². The summed E-state index contributed by atoms with van der Waals surface area (Å²) in [4.78, 5) is 34.5. The van der Waals surface area contributed by atoms with Crippen LogP contribution >= 0.6 is 0 Å². The molecule has 2 rings (SSSR count). The fourth-order valence-corrected chi connectivity index (χ4v) is 2.13. The predicted octanol–water partition coefficient (Wildman–Crippen LogP) is 1.67. The molecule has 0 unspecified atom stereocenters. The summed E-state index contributed by atoms with van der Waals surface area (Å²) in [7, 11) is 0. The third-order valence-corrected chi connectivity index (χ3v) is 3.50. The highest BCUT2D eigenvalue weighted by atomic mass is 16.5. The van der Waals surface area contributed by atoms with E-state index in [1.54, 1.807) is 24.3 Å². The maximum absolute atomic E-state index is 11.9. The molecule has 7 heteroatoms. The molecule has 2 N–H and O–H groups in total. The van der Waals surface area contributed by atoms with Crippen molar-refractivity contribution in [2.45, 2.75) is 13.5 Å². The number of carbonyl (C=O) groups excluding carboxylic acids is 3. The van der Waals surface area contributed by atoms with Gasteiger partial charge in [-0.05, 0) is 29.8 Å². The first-order valence-corrected chi connectivity index (χ1v) is 8.49. The fourth-order valence-electron chi connectivity index (χ4n) is 2.13. The average molecular weight is 370 g/mol. The molecule has 2 aromatic carbocycles. The molecule has 0 aliphatic rings. The molecule has 0 saturated heterocycles. The van der Waals surface area contributed by atoms with Crippen LogP contribution in [-0.4, -0.2) is 37.5 Å². The van der Waals surface area contributed by atoms with E-state index in [0.717, 1.165) is 11.3 Å². The van der Waals surface area contributed by atoms with Crippen LogP contribution in [0.15, 0.2) is 54.6 Å². The van der Waals surface area contributed by atoms with Gasteiger partial charge in [0.2, 0.25) is 5.91 Å². The van der Waals surface area contributed by atoms with Crippen molar-refractivity contribution < 1.29 is 23.9 Å². The van der Waals surface area contributed by atoms with Gasteiger partial charge in [0.25, 0.3) is 5.91 Å². The van der Waals surface area contributed by atoms with Gasteiger partial charge in [0.05, 0.1) is 12.1 Å². The summed E-state index contributed by atoms with van der Waals surface area (Å²) in [6.45, 7) is 2.09. The zero-order valence-corrected chi connectivity index (χ0v) is 15.1. The Bertz CT molecular complexity index is 760. The molecule has 2 aromatic rings. The van der Waals surface area contributed by atoms with Crippen LogP contribution in [0.1, 0.15) is 22.8 Å². The highest BCUT2D eigenvalue weighted by Gasteiger charge is 2.10. The van der Waals surface area contributed by atoms with Crippen LogP contribution in [0.25, 0.3) is 0 Å². The number of hydrogen-bond donors (Lipinski definition) is 2. The van der Waals surface area contributed by atoms with Crippen molar-refractivity contribution >= 4 is 17.8 Å². The Hall–Kier alpha value is -3.35. The summed E-state index contributed by atoms with van der Waals surface area (Å²) in [6, 6.07) is 15.9. The maximum Gasteiger partial charge on any atom is 0.338 e. The Labute approximate surface area is 157 Å². The second kappa shape index (κ2) is 10.6. The molecule has 0 saturated carbocycles. The standard InChI is InChI=1S/C20H22N2O5/c1-15(23)22-13-16-7-9-17(10-8-16)20(25)27-14-19(24)21-11-12-26-18-5-3-2-4-6-18/h2-10H,11-14H2,1H3,(H,21,24)(H,22,23). The van der Waals surface area contributed by atoms with Crippen LogP contribution < -0.4 is 15.4 Å². The summed E-state index contributed by atoms with van der Waals surface area (Å²) >= 11 is 0. The van der Waals surface area contributed by atoms with E-state index in [2.05, 4.69) is 10.6 Å². The van der Waals surface area contributed by atoms with Gasteiger partial charge >= 0.3 is 5.97 Å². The van der Waals surface area contributed by atoms with Gasteiger partial charge in [-0.15, -0.1) is 0 Å². The summed E-state index contributed by atoms with van der Waals surface area (Å²) in [5.74, 6) is -0.391. The highest BCUT2D eigenvalue weighted by Crippen LogP contribution is 2.07. The molecular formula is C20H22N2O5. The quantitative estimate of drug-likeness (QED) is 0.517. The molecule has 142 valence electrons. The lowest BCUT2D eigenvalue weighted by Crippen LogP contribution is -2.32. The summed E-state index contributed by atoms with van der Waals surface area (Å²) in [6.07, 6.45) is 0. The van der Waals surface area contributed by atoms with Gasteiger partial charge in [-0.25, -0.2) is 4.79 Å². The van der Waals surface area contributed by atoms with Crippen molar-refractivity contribution in [3.8, 4) is 5.75 Å². The minimum atomic E-state index is -0.586. The molecule has 0 heterocycles. The van der Waals surface area contributed by atoms with Gasteiger partial charge in [-0.1, -0.05) is 30.3 Å². The van der Waals surface area contributed by atoms with Crippen LogP contribution in [0.3, 0.4) is 0 Å². The lowest BCUT2D eigenvalue weighted by atomic mass is 10.1. The molecule has 0 bridgehead atoms. The molecule has 0 spiro atoms. The lowest BCUT2D eigenvalue weighted by Gasteiger charge is -2.08. The minimum absolute atomic E-state index is 0.126. The van der Waals surface area contributed by atoms with Gasteiger partial charge in [0.15, 0.2) is 6.61 Å². The Balaban J connectivity index is 1.65. The molecule has 0 aliphatic carbocycles. The number of benzene rings is 2. The normalized spacial score (nSPS) is 9.96. The first-order chi connectivity index (χ1) is 13.0. The van der Waals surface area contributed by atoms with Crippen molar-refractivity contribution in [2.24, 2.45) is 0 Å². The average Bonchev–Trinajstić information content (AvgIpc) is 2.69. The lowest BCUT2D eigenvalue weighted by molar-refractivity contribution is -0.124. The second-order valence-corrected chi connectivity index (χ2v) is 5.69. The van der Waals surface area contributed by atoms with Gasteiger partial charge in [0.1, 0.15) is 12.4 Å². The van der Waals surface area contributed by atoms with E-state index in [1.807, 2.05) is 30.3 Å². The number of nitrogens with one attached hydrogen (secondary N) is 2. The van der Waals surface area contributed by atoms with Crippen LogP contribution in [-0.2, 0) is 20.9 Å². The highest BCUT2D eigenvalue weighted by molar-refractivity contribution is 5.91. The van der Waals surface area contributed by atoms with Gasteiger partial charge in [0, 0.05) is 13.5 Å². The third-order valence-electron chi connectivity index (χ3n) is 3.50. The van der Waals surface area contributed by atoms with Crippen molar-refractivity contribution in [3.63, 3.8) is 0 Å². The van der Waals surface area contributed by atoms with E-state index in [-0.39, 0.29) is 12.5 Å². The summed E-state index contributed by atoms with van der Waals surface area (Å²) < 4.78 is 10.4. The maximum atomic E-state index is 11.9. The van der Waals surface area contributed by atoms with Crippen molar-refractivity contribution in [1.82, 2.24) is 10.6 Å². The third kappa shape index (κ3) is 7.60. The van der Waals surface area contributed by atoms with E-state index in [9.17, 15) is 14.4 Å². The van der Waals surface area contributed by atoms with Crippen LogP contribution in [0.4, 0.5) is 0 Å². The van der Waals surface area contributed by atoms with Gasteiger partial charge in [-0.3, -0.25) is 9.59 Å². The molecule has 0 fully saturated rings. The van der Waals surface area contributed by atoms with Crippen LogP contribution in [0.2, 0.25) is 0 Å². The van der Waals surface area contributed by atoms with Crippen molar-refractivity contribution in [2.75, 3.05) is 19.8 Å². The number of carbonyl (C=O) groups is 3. The van der Waals surface area contributed by atoms with E-state index < -0.39 is 11.9 Å². The smallest absolute Gasteiger partial charge is 0.338 e. The Kier molecular flexibility index (Phi) is 7.84. The molecular weight excluding hydrogens is 348 g/mol. The van der Waals surface area contributed by atoms with E-state index >= 15 is 0 Å². The topological polar surface area (TPSA) is 93.7 Å². The number of hydrogen-bond acceptors (Lipinski definition) is 5. The number of rotatable bonds is 9. The molecule has 7 nitrogen and oxygen atoms in total. The fraction of sp³-hybridized carbons (Fsp3) is 0.250. The van der Waals surface area contributed by atoms with E-state index in [0.29, 0.717) is 25.3 Å². The number of para-hydroxylation sites is 1. The molecule has 2 amide bonds.